The van der Waals surface area contributed by atoms with Gasteiger partial charge in [-0.2, -0.15) is 5.10 Å². The van der Waals surface area contributed by atoms with Crippen LogP contribution in [0.15, 0.2) is 30.6 Å². The van der Waals surface area contributed by atoms with E-state index in [-0.39, 0.29) is 23.9 Å². The average Bonchev–Trinajstić information content (AvgIpc) is 3.03. The molecule has 148 valence electrons. The van der Waals surface area contributed by atoms with Crippen molar-refractivity contribution >= 4 is 23.3 Å². The molecule has 0 saturated heterocycles. The normalized spacial score (nSPS) is 30.4. The Hall–Kier alpha value is -2.08. The Balaban J connectivity index is 1.23. The highest BCUT2D eigenvalue weighted by atomic mass is 35.5. The minimum absolute atomic E-state index is 0.0322. The Labute approximate surface area is 168 Å². The first-order chi connectivity index (χ1) is 13.5. The highest BCUT2D eigenvalue weighted by Crippen LogP contribution is 2.55. The van der Waals surface area contributed by atoms with Crippen LogP contribution < -0.4 is 10.6 Å². The van der Waals surface area contributed by atoms with Crippen LogP contribution in [0.25, 0.3) is 0 Å². The van der Waals surface area contributed by atoms with Gasteiger partial charge < -0.3 is 10.6 Å². The van der Waals surface area contributed by atoms with Gasteiger partial charge in [0.25, 0.3) is 0 Å². The molecule has 1 heterocycles. The quantitative estimate of drug-likeness (QED) is 0.770. The summed E-state index contributed by atoms with van der Waals surface area (Å²) in [5.41, 5.74) is 0.946. The number of hydrogen-bond donors (Lipinski definition) is 2. The van der Waals surface area contributed by atoms with Crippen molar-refractivity contribution in [2.24, 2.45) is 17.8 Å². The Morgan fingerprint density at radius 3 is 2.54 bits per heavy atom. The number of carbonyl (C=O) groups is 1. The molecule has 0 spiro atoms. The molecule has 5 nitrogen and oxygen atoms in total. The van der Waals surface area contributed by atoms with Crippen molar-refractivity contribution in [3.8, 4) is 0 Å². The molecule has 0 atom stereocenters. The molecule has 1 aromatic carbocycles. The number of nitrogens with zero attached hydrogens (tertiary/aromatic N) is 2. The van der Waals surface area contributed by atoms with Gasteiger partial charge in [-0.3, -0.25) is 4.68 Å². The number of benzene rings is 1. The third-order valence-corrected chi connectivity index (χ3v) is 7.04. The molecule has 4 saturated carbocycles. The van der Waals surface area contributed by atoms with E-state index in [2.05, 4.69) is 15.7 Å². The van der Waals surface area contributed by atoms with E-state index in [1.807, 2.05) is 0 Å². The molecular weight excluding hydrogens is 379 g/mol. The van der Waals surface area contributed by atoms with E-state index in [4.69, 9.17) is 11.6 Å². The Kier molecular flexibility index (Phi) is 4.34. The molecule has 0 aliphatic heterocycles. The number of urea groups is 1. The van der Waals surface area contributed by atoms with Gasteiger partial charge in [0, 0.05) is 22.3 Å². The van der Waals surface area contributed by atoms with Crippen LogP contribution in [-0.4, -0.2) is 21.4 Å². The number of nitrogens with one attached hydrogen (secondary N) is 2. The van der Waals surface area contributed by atoms with Crippen LogP contribution >= 0.6 is 11.6 Å². The SMILES string of the molecule is O=C(Nc1cnn(Cc2c(F)cccc2Cl)c1)NC12CC3CC(CC(C3)C1)C2. The van der Waals surface area contributed by atoms with E-state index >= 15 is 0 Å². The summed E-state index contributed by atoms with van der Waals surface area (Å²) in [5.74, 6) is 1.97. The molecule has 2 amide bonds. The van der Waals surface area contributed by atoms with Crippen molar-refractivity contribution in [2.45, 2.75) is 50.6 Å². The van der Waals surface area contributed by atoms with Crippen molar-refractivity contribution < 1.29 is 9.18 Å². The number of aromatic nitrogens is 2. The zero-order valence-electron chi connectivity index (χ0n) is 15.6. The molecule has 1 aromatic heterocycles. The Morgan fingerprint density at radius 1 is 1.21 bits per heavy atom. The molecule has 4 fully saturated rings. The van der Waals surface area contributed by atoms with Gasteiger partial charge in [-0.15, -0.1) is 0 Å². The van der Waals surface area contributed by atoms with Crippen LogP contribution in [0, 0.1) is 23.6 Å². The van der Waals surface area contributed by atoms with Gasteiger partial charge in [0.2, 0.25) is 0 Å². The standard InChI is InChI=1S/C21H24ClFN4O/c22-18-2-1-3-19(23)17(18)12-27-11-16(10-24-27)25-20(28)26-21-7-13-4-14(8-21)6-15(5-13)9-21/h1-3,10-11,13-15H,4-9,12H2,(H2,25,26,28). The molecule has 4 aliphatic carbocycles. The molecule has 2 aromatic rings. The Bertz CT molecular complexity index is 856. The lowest BCUT2D eigenvalue weighted by Crippen LogP contribution is -2.60. The highest BCUT2D eigenvalue weighted by molar-refractivity contribution is 6.31. The van der Waals surface area contributed by atoms with E-state index in [0.717, 1.165) is 37.0 Å². The first-order valence-electron chi connectivity index (χ1n) is 10.0. The predicted octanol–water partition coefficient (Wildman–Crippen LogP) is 4.81. The number of carbonyl (C=O) groups excluding carboxylic acids is 1. The first kappa shape index (κ1) is 18.0. The maximum absolute atomic E-state index is 14.0. The van der Waals surface area contributed by atoms with Crippen molar-refractivity contribution in [1.29, 1.82) is 0 Å². The van der Waals surface area contributed by atoms with Crippen LogP contribution in [0.4, 0.5) is 14.9 Å². The molecule has 4 bridgehead atoms. The number of amides is 2. The largest absolute Gasteiger partial charge is 0.332 e. The summed E-state index contributed by atoms with van der Waals surface area (Å²) in [6.45, 7) is 0.212. The van der Waals surface area contributed by atoms with E-state index in [1.165, 1.54) is 25.3 Å². The topological polar surface area (TPSA) is 59.0 Å². The lowest BCUT2D eigenvalue weighted by molar-refractivity contribution is -0.0127. The Morgan fingerprint density at radius 2 is 1.89 bits per heavy atom. The second-order valence-electron chi connectivity index (χ2n) is 8.90. The molecule has 6 rings (SSSR count). The fourth-order valence-corrected chi connectivity index (χ4v) is 6.25. The molecule has 7 heteroatoms. The van der Waals surface area contributed by atoms with Crippen molar-refractivity contribution in [3.05, 3.63) is 47.0 Å². The van der Waals surface area contributed by atoms with Gasteiger partial charge in [-0.1, -0.05) is 17.7 Å². The van der Waals surface area contributed by atoms with Gasteiger partial charge in [-0.05, 0) is 68.4 Å². The number of anilines is 1. The van der Waals surface area contributed by atoms with E-state index in [1.54, 1.807) is 29.2 Å². The van der Waals surface area contributed by atoms with E-state index < -0.39 is 0 Å². The summed E-state index contributed by atoms with van der Waals surface area (Å²) in [4.78, 5) is 12.6. The van der Waals surface area contributed by atoms with Crippen LogP contribution in [0.3, 0.4) is 0 Å². The van der Waals surface area contributed by atoms with Gasteiger partial charge in [0.15, 0.2) is 0 Å². The number of hydrogen-bond acceptors (Lipinski definition) is 2. The maximum Gasteiger partial charge on any atom is 0.319 e. The maximum atomic E-state index is 14.0. The van der Waals surface area contributed by atoms with Gasteiger partial charge in [0.1, 0.15) is 5.82 Å². The van der Waals surface area contributed by atoms with E-state index in [9.17, 15) is 9.18 Å². The summed E-state index contributed by atoms with van der Waals surface area (Å²) < 4.78 is 15.5. The third-order valence-electron chi connectivity index (χ3n) is 6.69. The summed E-state index contributed by atoms with van der Waals surface area (Å²) in [6.07, 6.45) is 10.6. The van der Waals surface area contributed by atoms with Gasteiger partial charge >= 0.3 is 6.03 Å². The highest BCUT2D eigenvalue weighted by Gasteiger charge is 2.51. The lowest BCUT2D eigenvalue weighted by Gasteiger charge is -2.56. The minimum Gasteiger partial charge on any atom is -0.332 e. The summed E-state index contributed by atoms with van der Waals surface area (Å²) in [7, 11) is 0. The van der Waals surface area contributed by atoms with Crippen LogP contribution in [0.2, 0.25) is 5.02 Å². The van der Waals surface area contributed by atoms with Crippen LogP contribution in [-0.2, 0) is 6.54 Å². The fourth-order valence-electron chi connectivity index (χ4n) is 6.03. The fraction of sp³-hybridized carbons (Fsp3) is 0.524. The third kappa shape index (κ3) is 3.39. The van der Waals surface area contributed by atoms with Crippen molar-refractivity contribution in [3.63, 3.8) is 0 Å². The van der Waals surface area contributed by atoms with Crippen molar-refractivity contribution in [2.75, 3.05) is 5.32 Å². The molecule has 28 heavy (non-hydrogen) atoms. The van der Waals surface area contributed by atoms with Gasteiger partial charge in [-0.25, -0.2) is 9.18 Å². The summed E-state index contributed by atoms with van der Waals surface area (Å²) in [6, 6.07) is 4.43. The lowest BCUT2D eigenvalue weighted by atomic mass is 9.53. The zero-order valence-corrected chi connectivity index (χ0v) is 16.4. The number of halogens is 2. The molecule has 2 N–H and O–H groups in total. The molecule has 4 aliphatic rings. The van der Waals surface area contributed by atoms with Crippen molar-refractivity contribution in [1.82, 2.24) is 15.1 Å². The predicted molar refractivity (Wildman–Crippen MR) is 106 cm³/mol. The summed E-state index contributed by atoms with van der Waals surface area (Å²) >= 11 is 6.08. The first-order valence-corrected chi connectivity index (χ1v) is 10.4. The zero-order chi connectivity index (χ0) is 19.3. The van der Waals surface area contributed by atoms with Crippen LogP contribution in [0.5, 0.6) is 0 Å². The molecule has 0 radical (unpaired) electrons. The molecule has 0 unspecified atom stereocenters. The average molecular weight is 403 g/mol. The van der Waals surface area contributed by atoms with Gasteiger partial charge in [0.05, 0.1) is 18.4 Å². The smallest absolute Gasteiger partial charge is 0.319 e. The monoisotopic (exact) mass is 402 g/mol. The summed E-state index contributed by atoms with van der Waals surface area (Å²) in [5, 5.41) is 10.8. The second-order valence-corrected chi connectivity index (χ2v) is 9.31. The number of rotatable bonds is 4. The second kappa shape index (κ2) is 6.76. The molecular formula is C21H24ClFN4O. The minimum atomic E-state index is -0.364. The van der Waals surface area contributed by atoms with Crippen LogP contribution in [0.1, 0.15) is 44.1 Å². The van der Waals surface area contributed by atoms with E-state index in [0.29, 0.717) is 16.3 Å².